The monoisotopic (exact) mass is 554 g/mol. The maximum absolute atomic E-state index is 15.2. The fourth-order valence-electron chi connectivity index (χ4n) is 4.49. The van der Waals surface area contributed by atoms with Crippen LogP contribution in [-0.2, 0) is 11.3 Å². The van der Waals surface area contributed by atoms with Crippen LogP contribution >= 0.6 is 12.2 Å². The first-order valence-corrected chi connectivity index (χ1v) is 13.3. The Hall–Kier alpha value is -3.99. The van der Waals surface area contributed by atoms with E-state index in [1.807, 2.05) is 23.6 Å². The highest BCUT2D eigenvalue weighted by molar-refractivity contribution is 7.80. The summed E-state index contributed by atoms with van der Waals surface area (Å²) < 4.78 is 22.0. The van der Waals surface area contributed by atoms with E-state index in [0.717, 1.165) is 24.6 Å². The molecule has 1 aliphatic rings. The van der Waals surface area contributed by atoms with E-state index in [1.54, 1.807) is 34.9 Å². The highest BCUT2D eigenvalue weighted by Crippen LogP contribution is 2.26. The third-order valence-electron chi connectivity index (χ3n) is 6.73. The molecular formula is C28H31FN4O5S. The number of piperazine rings is 1. The molecule has 1 aliphatic heterocycles. The molecule has 0 amide bonds. The number of hydrogen-bond acceptors (Lipinski definition) is 6. The van der Waals surface area contributed by atoms with Crippen LogP contribution < -0.4 is 15.6 Å². The van der Waals surface area contributed by atoms with Crippen molar-refractivity contribution in [2.24, 2.45) is 0 Å². The van der Waals surface area contributed by atoms with Gasteiger partial charge >= 0.3 is 11.9 Å². The fraction of sp³-hybridized carbons (Fsp3) is 0.357. The molecule has 206 valence electrons. The Kier molecular flexibility index (Phi) is 8.80. The summed E-state index contributed by atoms with van der Waals surface area (Å²) in [4.78, 5) is 40.1. The number of thiocarbonyl (C=S) groups is 1. The molecule has 0 aliphatic carbocycles. The first-order valence-electron chi connectivity index (χ1n) is 12.9. The molecule has 39 heavy (non-hydrogen) atoms. The van der Waals surface area contributed by atoms with Crippen molar-refractivity contribution < 1.29 is 23.8 Å². The topological polar surface area (TPSA) is 104 Å². The van der Waals surface area contributed by atoms with Crippen LogP contribution in [0.25, 0.3) is 10.9 Å². The Bertz CT molecular complexity index is 1450. The SMILES string of the molecule is CCCCOC(=O)c1ccc(NC(=S)N2CCN(c3cc4c(cc3F)c(=O)c(C(=O)O)cn4CC)CC2)cc1. The molecule has 0 unspecified atom stereocenters. The number of aromatic nitrogens is 1. The Balaban J connectivity index is 1.41. The Morgan fingerprint density at radius 1 is 1.10 bits per heavy atom. The van der Waals surface area contributed by atoms with E-state index < -0.39 is 17.2 Å². The smallest absolute Gasteiger partial charge is 0.341 e. The van der Waals surface area contributed by atoms with E-state index in [0.29, 0.717) is 61.2 Å². The summed E-state index contributed by atoms with van der Waals surface area (Å²) in [5.41, 5.74) is 0.976. The van der Waals surface area contributed by atoms with Gasteiger partial charge in [0, 0.05) is 50.0 Å². The van der Waals surface area contributed by atoms with Gasteiger partial charge in [-0.25, -0.2) is 14.0 Å². The zero-order valence-electron chi connectivity index (χ0n) is 21.9. The second-order valence-corrected chi connectivity index (χ2v) is 9.64. The fourth-order valence-corrected chi connectivity index (χ4v) is 4.79. The Morgan fingerprint density at radius 3 is 2.41 bits per heavy atom. The average molecular weight is 555 g/mol. The van der Waals surface area contributed by atoms with Crippen molar-refractivity contribution in [2.75, 3.05) is 43.0 Å². The van der Waals surface area contributed by atoms with Gasteiger partial charge in [-0.1, -0.05) is 13.3 Å². The number of fused-ring (bicyclic) bond motifs is 1. The van der Waals surface area contributed by atoms with Crippen LogP contribution in [0.3, 0.4) is 0 Å². The number of hydrogen-bond donors (Lipinski definition) is 2. The van der Waals surface area contributed by atoms with Gasteiger partial charge in [0.1, 0.15) is 11.4 Å². The molecule has 0 radical (unpaired) electrons. The minimum atomic E-state index is -1.34. The largest absolute Gasteiger partial charge is 0.477 e. The molecule has 9 nitrogen and oxygen atoms in total. The number of halogens is 1. The predicted molar refractivity (Wildman–Crippen MR) is 152 cm³/mol. The number of ether oxygens (including phenoxy) is 1. The number of unbranched alkanes of at least 4 members (excludes halogenated alkanes) is 1. The summed E-state index contributed by atoms with van der Waals surface area (Å²) in [7, 11) is 0. The average Bonchev–Trinajstić information content (AvgIpc) is 2.93. The van der Waals surface area contributed by atoms with Gasteiger partial charge in [0.15, 0.2) is 5.11 Å². The van der Waals surface area contributed by atoms with Crippen molar-refractivity contribution in [1.29, 1.82) is 0 Å². The molecule has 0 atom stereocenters. The van der Waals surface area contributed by atoms with Gasteiger partial charge in [-0.2, -0.15) is 0 Å². The van der Waals surface area contributed by atoms with Gasteiger partial charge in [0.05, 0.1) is 23.4 Å². The first kappa shape index (κ1) is 28.0. The van der Waals surface area contributed by atoms with Gasteiger partial charge in [-0.05, 0) is 62.0 Å². The molecule has 2 N–H and O–H groups in total. The molecule has 1 fully saturated rings. The molecular weight excluding hydrogens is 523 g/mol. The highest BCUT2D eigenvalue weighted by atomic mass is 32.1. The van der Waals surface area contributed by atoms with E-state index in [1.165, 1.54) is 6.20 Å². The zero-order chi connectivity index (χ0) is 28.1. The minimum absolute atomic E-state index is 0.0438. The summed E-state index contributed by atoms with van der Waals surface area (Å²) in [6.07, 6.45) is 3.09. The van der Waals surface area contributed by atoms with Gasteiger partial charge < -0.3 is 29.5 Å². The lowest BCUT2D eigenvalue weighted by Gasteiger charge is -2.37. The lowest BCUT2D eigenvalue weighted by molar-refractivity contribution is 0.0499. The maximum Gasteiger partial charge on any atom is 0.341 e. The van der Waals surface area contributed by atoms with Gasteiger partial charge in [-0.15, -0.1) is 0 Å². The van der Waals surface area contributed by atoms with Crippen LogP contribution in [-0.4, -0.2) is 64.4 Å². The number of nitrogens with zero attached hydrogens (tertiary/aromatic N) is 3. The predicted octanol–water partition coefficient (Wildman–Crippen LogP) is 4.33. The van der Waals surface area contributed by atoms with Crippen molar-refractivity contribution in [3.63, 3.8) is 0 Å². The molecule has 11 heteroatoms. The number of carbonyl (C=O) groups excluding carboxylic acids is 1. The highest BCUT2D eigenvalue weighted by Gasteiger charge is 2.23. The summed E-state index contributed by atoms with van der Waals surface area (Å²) in [6.45, 7) is 6.78. The number of benzene rings is 2. The second kappa shape index (κ2) is 12.2. The Labute approximate surface area is 230 Å². The van der Waals surface area contributed by atoms with Gasteiger partial charge in [-0.3, -0.25) is 4.79 Å². The van der Waals surface area contributed by atoms with Crippen LogP contribution in [0.2, 0.25) is 0 Å². The summed E-state index contributed by atoms with van der Waals surface area (Å²) in [5.74, 6) is -2.27. The number of esters is 1. The number of carboxylic acid groups (broad SMARTS) is 1. The Morgan fingerprint density at radius 2 is 1.79 bits per heavy atom. The van der Waals surface area contributed by atoms with E-state index in [4.69, 9.17) is 17.0 Å². The molecule has 4 rings (SSSR count). The molecule has 2 heterocycles. The van der Waals surface area contributed by atoms with Crippen molar-refractivity contribution in [2.45, 2.75) is 33.2 Å². The number of rotatable bonds is 8. The molecule has 0 bridgehead atoms. The van der Waals surface area contributed by atoms with E-state index in [2.05, 4.69) is 5.32 Å². The van der Waals surface area contributed by atoms with Crippen LogP contribution in [0.15, 0.2) is 47.4 Å². The third-order valence-corrected chi connectivity index (χ3v) is 7.09. The molecule has 1 saturated heterocycles. The standard InChI is InChI=1S/C28H31FN4O5S/c1-3-5-14-38-27(37)18-6-8-19(9-7-18)30-28(39)33-12-10-32(11-13-33)24-16-23-20(15-22(24)29)25(34)21(26(35)36)17-31(23)4-2/h6-9,15-17H,3-5,10-14H2,1-2H3,(H,30,39)(H,35,36). The number of carbonyl (C=O) groups is 2. The van der Waals surface area contributed by atoms with Crippen LogP contribution in [0.1, 0.15) is 47.4 Å². The normalized spacial score (nSPS) is 13.4. The third kappa shape index (κ3) is 6.19. The lowest BCUT2D eigenvalue weighted by Crippen LogP contribution is -2.50. The lowest BCUT2D eigenvalue weighted by atomic mass is 10.1. The van der Waals surface area contributed by atoms with Gasteiger partial charge in [0.25, 0.3) is 0 Å². The minimum Gasteiger partial charge on any atom is -0.477 e. The van der Waals surface area contributed by atoms with E-state index in [-0.39, 0.29) is 16.9 Å². The van der Waals surface area contributed by atoms with E-state index in [9.17, 15) is 19.5 Å². The van der Waals surface area contributed by atoms with Gasteiger partial charge in [0.2, 0.25) is 5.43 Å². The quantitative estimate of drug-likeness (QED) is 0.239. The van der Waals surface area contributed by atoms with E-state index >= 15 is 4.39 Å². The first-order chi connectivity index (χ1) is 18.7. The van der Waals surface area contributed by atoms with Crippen molar-refractivity contribution >= 4 is 51.5 Å². The maximum atomic E-state index is 15.2. The van der Waals surface area contributed by atoms with Crippen molar-refractivity contribution in [1.82, 2.24) is 9.47 Å². The number of pyridine rings is 1. The molecule has 0 spiro atoms. The number of aromatic carboxylic acids is 1. The molecule has 0 saturated carbocycles. The van der Waals surface area contributed by atoms with Crippen LogP contribution in [0.4, 0.5) is 15.8 Å². The van der Waals surface area contributed by atoms with Crippen LogP contribution in [0.5, 0.6) is 0 Å². The van der Waals surface area contributed by atoms with Crippen LogP contribution in [0, 0.1) is 5.82 Å². The molecule has 1 aromatic heterocycles. The van der Waals surface area contributed by atoms with Crippen molar-refractivity contribution in [3.8, 4) is 0 Å². The number of carboxylic acids is 1. The second-order valence-electron chi connectivity index (χ2n) is 9.25. The summed E-state index contributed by atoms with van der Waals surface area (Å²) in [6, 6.07) is 9.67. The number of nitrogens with one attached hydrogen (secondary N) is 1. The van der Waals surface area contributed by atoms with Crippen molar-refractivity contribution in [3.05, 3.63) is 69.8 Å². The number of aryl methyl sites for hydroxylation is 1. The molecule has 2 aromatic carbocycles. The summed E-state index contributed by atoms with van der Waals surface area (Å²) >= 11 is 5.58. The molecule has 3 aromatic rings. The number of anilines is 2. The zero-order valence-corrected chi connectivity index (χ0v) is 22.7. The summed E-state index contributed by atoms with van der Waals surface area (Å²) in [5, 5.41) is 13.1.